The summed E-state index contributed by atoms with van der Waals surface area (Å²) in [5, 5.41) is 3.54. The fraction of sp³-hybridized carbons (Fsp3) is 0.185. The molecule has 0 unspecified atom stereocenters. The number of hydrogen-bond acceptors (Lipinski definition) is 1. The number of fused-ring (bicyclic) bond motifs is 3. The van der Waals surface area contributed by atoms with Crippen LogP contribution in [0.3, 0.4) is 0 Å². The van der Waals surface area contributed by atoms with Crippen LogP contribution >= 0.6 is 0 Å². The van der Waals surface area contributed by atoms with Gasteiger partial charge < -0.3 is 5.32 Å². The maximum absolute atomic E-state index is 3.54. The van der Waals surface area contributed by atoms with Gasteiger partial charge in [-0.2, -0.15) is 0 Å². The SMILES string of the molecule is CC1(C)c2ccccc2-c2ccc(-c3ccc(NC4=CC=CCC4)cc3)cc21. The Bertz CT molecular complexity index is 1100. The van der Waals surface area contributed by atoms with Crippen LogP contribution in [0.4, 0.5) is 5.69 Å². The predicted octanol–water partition coefficient (Wildman–Crippen LogP) is 7.31. The Hall–Kier alpha value is -3.06. The molecule has 0 saturated heterocycles. The van der Waals surface area contributed by atoms with Crippen molar-refractivity contribution in [3.8, 4) is 22.3 Å². The Kier molecular flexibility index (Phi) is 3.98. The van der Waals surface area contributed by atoms with E-state index in [1.807, 2.05) is 0 Å². The molecule has 0 radical (unpaired) electrons. The predicted molar refractivity (Wildman–Crippen MR) is 120 cm³/mol. The third-order valence-corrected chi connectivity index (χ3v) is 6.12. The van der Waals surface area contributed by atoms with Gasteiger partial charge in [0.1, 0.15) is 0 Å². The molecule has 1 heteroatoms. The first kappa shape index (κ1) is 17.1. The summed E-state index contributed by atoms with van der Waals surface area (Å²) < 4.78 is 0. The van der Waals surface area contributed by atoms with E-state index in [2.05, 4.69) is 104 Å². The van der Waals surface area contributed by atoms with Crippen LogP contribution in [0.5, 0.6) is 0 Å². The van der Waals surface area contributed by atoms with Gasteiger partial charge in [0.25, 0.3) is 0 Å². The van der Waals surface area contributed by atoms with Gasteiger partial charge in [-0.15, -0.1) is 0 Å². The molecule has 28 heavy (non-hydrogen) atoms. The number of benzene rings is 3. The van der Waals surface area contributed by atoms with Gasteiger partial charge in [-0.25, -0.2) is 0 Å². The minimum Gasteiger partial charge on any atom is -0.359 e. The van der Waals surface area contributed by atoms with Crippen molar-refractivity contribution in [1.29, 1.82) is 0 Å². The second-order valence-corrected chi connectivity index (χ2v) is 8.29. The molecule has 0 heterocycles. The number of allylic oxidation sites excluding steroid dienone is 4. The van der Waals surface area contributed by atoms with Crippen molar-refractivity contribution < 1.29 is 0 Å². The standard InChI is InChI=1S/C27H25N/c1-27(2)25-11-7-6-10-23(25)24-17-14-20(18-26(24)27)19-12-15-22(16-13-19)28-21-8-4-3-5-9-21/h3-4,6-8,10-18,28H,5,9H2,1-2H3. The lowest BCUT2D eigenvalue weighted by atomic mass is 9.81. The van der Waals surface area contributed by atoms with Crippen molar-refractivity contribution in [2.45, 2.75) is 32.1 Å². The normalized spacial score (nSPS) is 16.3. The zero-order valence-electron chi connectivity index (χ0n) is 16.5. The van der Waals surface area contributed by atoms with Gasteiger partial charge in [0.2, 0.25) is 0 Å². The largest absolute Gasteiger partial charge is 0.359 e. The molecule has 0 spiro atoms. The molecule has 3 aromatic carbocycles. The van der Waals surface area contributed by atoms with Gasteiger partial charge in [-0.05, 0) is 70.5 Å². The average Bonchev–Trinajstić information content (AvgIpc) is 2.97. The van der Waals surface area contributed by atoms with E-state index in [1.165, 1.54) is 39.1 Å². The summed E-state index contributed by atoms with van der Waals surface area (Å²) in [6, 6.07) is 24.5. The Balaban J connectivity index is 1.46. The van der Waals surface area contributed by atoms with E-state index in [1.54, 1.807) is 0 Å². The Labute approximate surface area is 167 Å². The molecule has 2 aliphatic rings. The quantitative estimate of drug-likeness (QED) is 0.514. The van der Waals surface area contributed by atoms with Crippen LogP contribution < -0.4 is 5.32 Å². The van der Waals surface area contributed by atoms with E-state index in [4.69, 9.17) is 0 Å². The Morgan fingerprint density at radius 3 is 2.32 bits per heavy atom. The van der Waals surface area contributed by atoms with Crippen LogP contribution in [0, 0.1) is 0 Å². The number of rotatable bonds is 3. The fourth-order valence-electron chi connectivity index (χ4n) is 4.52. The third-order valence-electron chi connectivity index (χ3n) is 6.12. The average molecular weight is 364 g/mol. The number of anilines is 1. The Morgan fingerprint density at radius 1 is 0.786 bits per heavy atom. The third kappa shape index (κ3) is 2.79. The van der Waals surface area contributed by atoms with E-state index in [-0.39, 0.29) is 5.41 Å². The van der Waals surface area contributed by atoms with Crippen LogP contribution in [0.25, 0.3) is 22.3 Å². The molecular formula is C27H25N. The zero-order chi connectivity index (χ0) is 19.1. The lowest BCUT2D eigenvalue weighted by molar-refractivity contribution is 0.660. The van der Waals surface area contributed by atoms with Crippen LogP contribution in [-0.2, 0) is 5.41 Å². The summed E-state index contributed by atoms with van der Waals surface area (Å²) in [6.07, 6.45) is 8.70. The van der Waals surface area contributed by atoms with Gasteiger partial charge in [-0.3, -0.25) is 0 Å². The zero-order valence-corrected chi connectivity index (χ0v) is 16.5. The first-order valence-corrected chi connectivity index (χ1v) is 10.1. The summed E-state index contributed by atoms with van der Waals surface area (Å²) >= 11 is 0. The van der Waals surface area contributed by atoms with Crippen LogP contribution in [0.1, 0.15) is 37.8 Å². The van der Waals surface area contributed by atoms with Crippen molar-refractivity contribution in [1.82, 2.24) is 0 Å². The highest BCUT2D eigenvalue weighted by Gasteiger charge is 2.35. The highest BCUT2D eigenvalue weighted by atomic mass is 14.9. The first-order valence-electron chi connectivity index (χ1n) is 10.1. The second kappa shape index (κ2) is 6.53. The van der Waals surface area contributed by atoms with E-state index in [0.29, 0.717) is 0 Å². The first-order chi connectivity index (χ1) is 13.6. The molecular weight excluding hydrogens is 338 g/mol. The summed E-state index contributed by atoms with van der Waals surface area (Å²) in [4.78, 5) is 0. The minimum absolute atomic E-state index is 0.0460. The topological polar surface area (TPSA) is 12.0 Å². The molecule has 138 valence electrons. The molecule has 0 fully saturated rings. The molecule has 0 aliphatic heterocycles. The molecule has 2 aliphatic carbocycles. The van der Waals surface area contributed by atoms with Crippen molar-refractivity contribution in [2.24, 2.45) is 0 Å². The minimum atomic E-state index is 0.0460. The van der Waals surface area contributed by atoms with Crippen LogP contribution in [0.2, 0.25) is 0 Å². The fourth-order valence-corrected chi connectivity index (χ4v) is 4.52. The molecule has 5 rings (SSSR count). The summed E-state index contributed by atoms with van der Waals surface area (Å²) in [6.45, 7) is 4.67. The van der Waals surface area contributed by atoms with Gasteiger partial charge >= 0.3 is 0 Å². The molecule has 0 aromatic heterocycles. The van der Waals surface area contributed by atoms with Crippen molar-refractivity contribution in [2.75, 3.05) is 5.32 Å². The molecule has 1 nitrogen and oxygen atoms in total. The summed E-state index contributed by atoms with van der Waals surface area (Å²) in [5.74, 6) is 0. The molecule has 1 N–H and O–H groups in total. The maximum atomic E-state index is 3.54. The molecule has 0 bridgehead atoms. The van der Waals surface area contributed by atoms with Gasteiger partial charge in [-0.1, -0.05) is 74.5 Å². The molecule has 0 saturated carbocycles. The maximum Gasteiger partial charge on any atom is 0.0382 e. The van der Waals surface area contributed by atoms with Crippen LogP contribution in [0.15, 0.2) is 90.7 Å². The van der Waals surface area contributed by atoms with Crippen molar-refractivity contribution in [3.63, 3.8) is 0 Å². The van der Waals surface area contributed by atoms with Crippen molar-refractivity contribution in [3.05, 3.63) is 102 Å². The monoisotopic (exact) mass is 363 g/mol. The highest BCUT2D eigenvalue weighted by Crippen LogP contribution is 2.49. The smallest absolute Gasteiger partial charge is 0.0382 e. The van der Waals surface area contributed by atoms with E-state index >= 15 is 0 Å². The second-order valence-electron chi connectivity index (χ2n) is 8.29. The van der Waals surface area contributed by atoms with Gasteiger partial charge in [0.05, 0.1) is 0 Å². The van der Waals surface area contributed by atoms with Gasteiger partial charge in [0, 0.05) is 16.8 Å². The van der Waals surface area contributed by atoms with Crippen LogP contribution in [-0.4, -0.2) is 0 Å². The van der Waals surface area contributed by atoms with Gasteiger partial charge in [0.15, 0.2) is 0 Å². The molecule has 3 aromatic rings. The highest BCUT2D eigenvalue weighted by molar-refractivity contribution is 5.83. The Morgan fingerprint density at radius 2 is 1.54 bits per heavy atom. The molecule has 0 atom stereocenters. The van der Waals surface area contributed by atoms with E-state index < -0.39 is 0 Å². The number of hydrogen-bond donors (Lipinski definition) is 1. The van der Waals surface area contributed by atoms with Crippen molar-refractivity contribution >= 4 is 5.69 Å². The van der Waals surface area contributed by atoms with E-state index in [9.17, 15) is 0 Å². The summed E-state index contributed by atoms with van der Waals surface area (Å²) in [7, 11) is 0. The summed E-state index contributed by atoms with van der Waals surface area (Å²) in [5.41, 5.74) is 10.6. The molecule has 0 amide bonds. The lowest BCUT2D eigenvalue weighted by Crippen LogP contribution is -2.14. The lowest BCUT2D eigenvalue weighted by Gasteiger charge is -2.22. The van der Waals surface area contributed by atoms with E-state index in [0.717, 1.165) is 18.5 Å². The number of nitrogens with one attached hydrogen (secondary N) is 1.